The van der Waals surface area contributed by atoms with Crippen molar-refractivity contribution in [3.63, 3.8) is 0 Å². The summed E-state index contributed by atoms with van der Waals surface area (Å²) in [6.07, 6.45) is 0. The first-order valence-electron chi connectivity index (χ1n) is 8.89. The third-order valence-electron chi connectivity index (χ3n) is 4.88. The van der Waals surface area contributed by atoms with Crippen LogP contribution >= 0.6 is 11.8 Å². The van der Waals surface area contributed by atoms with Crippen LogP contribution in [0.4, 0.5) is 0 Å². The quantitative estimate of drug-likeness (QED) is 0.622. The molecular weight excluding hydrogens is 394 g/mol. The van der Waals surface area contributed by atoms with Crippen LogP contribution in [0, 0.1) is 0 Å². The highest BCUT2D eigenvalue weighted by Gasteiger charge is 2.38. The molecule has 4 rings (SSSR count). The number of hydrogen-bond acceptors (Lipinski definition) is 5. The zero-order chi connectivity index (χ0) is 19.7. The minimum atomic E-state index is -3.66. The lowest BCUT2D eigenvalue weighted by molar-refractivity contribution is 0.382. The molecular formula is C21H21NO4S2. The summed E-state index contributed by atoms with van der Waals surface area (Å²) in [6.45, 7) is 0.449. The maximum Gasteiger partial charge on any atom is 0.244 e. The van der Waals surface area contributed by atoms with Crippen LogP contribution in [0.2, 0.25) is 0 Å². The maximum atomic E-state index is 13.5. The van der Waals surface area contributed by atoms with Gasteiger partial charge in [0.15, 0.2) is 0 Å². The Bertz CT molecular complexity index is 1110. The predicted octanol–water partition coefficient (Wildman–Crippen LogP) is 4.29. The fraction of sp³-hybridized carbons (Fsp3) is 0.238. The number of ether oxygens (including phenoxy) is 2. The first kappa shape index (κ1) is 19.1. The van der Waals surface area contributed by atoms with Crippen LogP contribution in [0.15, 0.2) is 65.6 Å². The number of fused-ring (bicyclic) bond motifs is 1. The van der Waals surface area contributed by atoms with Gasteiger partial charge in [0.25, 0.3) is 0 Å². The van der Waals surface area contributed by atoms with Crippen molar-refractivity contribution in [3.05, 3.63) is 66.2 Å². The molecule has 0 saturated carbocycles. The van der Waals surface area contributed by atoms with E-state index in [2.05, 4.69) is 0 Å². The summed E-state index contributed by atoms with van der Waals surface area (Å²) in [5.41, 5.74) is 0.800. The number of rotatable bonds is 5. The molecule has 1 fully saturated rings. The summed E-state index contributed by atoms with van der Waals surface area (Å²) < 4.78 is 39.3. The average molecular weight is 416 g/mol. The lowest BCUT2D eigenvalue weighted by atomic mass is 10.1. The minimum Gasteiger partial charge on any atom is -0.497 e. The van der Waals surface area contributed by atoms with E-state index in [4.69, 9.17) is 9.47 Å². The van der Waals surface area contributed by atoms with Gasteiger partial charge in [-0.05, 0) is 41.1 Å². The zero-order valence-corrected chi connectivity index (χ0v) is 17.3. The second-order valence-electron chi connectivity index (χ2n) is 6.46. The van der Waals surface area contributed by atoms with E-state index in [0.29, 0.717) is 22.9 Å². The molecule has 146 valence electrons. The smallest absolute Gasteiger partial charge is 0.244 e. The molecule has 1 atom stereocenters. The van der Waals surface area contributed by atoms with Gasteiger partial charge in [0.2, 0.25) is 10.0 Å². The molecule has 1 aliphatic rings. The summed E-state index contributed by atoms with van der Waals surface area (Å²) in [5, 5.41) is 1.57. The Morgan fingerprint density at radius 1 is 0.964 bits per heavy atom. The van der Waals surface area contributed by atoms with Crippen LogP contribution in [0.25, 0.3) is 10.8 Å². The molecule has 0 aromatic heterocycles. The van der Waals surface area contributed by atoms with E-state index in [-0.39, 0.29) is 5.37 Å². The fourth-order valence-electron chi connectivity index (χ4n) is 3.44. The Morgan fingerprint density at radius 3 is 2.50 bits per heavy atom. The maximum absolute atomic E-state index is 13.5. The molecule has 1 heterocycles. The van der Waals surface area contributed by atoms with Crippen molar-refractivity contribution in [1.29, 1.82) is 0 Å². The molecule has 7 heteroatoms. The Morgan fingerprint density at radius 2 is 1.75 bits per heavy atom. The molecule has 0 bridgehead atoms. The molecule has 3 aromatic carbocycles. The number of nitrogens with zero attached hydrogens (tertiary/aromatic N) is 1. The Hall–Kier alpha value is -2.22. The minimum absolute atomic E-state index is 0.306. The van der Waals surface area contributed by atoms with Crippen molar-refractivity contribution in [2.24, 2.45) is 0 Å². The number of sulfonamides is 1. The Kier molecular flexibility index (Phi) is 5.23. The molecule has 0 N–H and O–H groups in total. The van der Waals surface area contributed by atoms with Crippen molar-refractivity contribution in [2.45, 2.75) is 10.3 Å². The van der Waals surface area contributed by atoms with Crippen LogP contribution in [-0.4, -0.2) is 39.2 Å². The average Bonchev–Trinajstić information content (AvgIpc) is 3.23. The first-order valence-corrected chi connectivity index (χ1v) is 11.4. The Balaban J connectivity index is 1.76. The second-order valence-corrected chi connectivity index (χ2v) is 9.53. The van der Waals surface area contributed by atoms with Gasteiger partial charge >= 0.3 is 0 Å². The topological polar surface area (TPSA) is 55.8 Å². The summed E-state index contributed by atoms with van der Waals surface area (Å²) in [6, 6.07) is 18.5. The first-order chi connectivity index (χ1) is 13.5. The van der Waals surface area contributed by atoms with E-state index >= 15 is 0 Å². The zero-order valence-electron chi connectivity index (χ0n) is 15.7. The highest BCUT2D eigenvalue weighted by molar-refractivity contribution is 8.01. The van der Waals surface area contributed by atoms with Crippen LogP contribution in [-0.2, 0) is 10.0 Å². The van der Waals surface area contributed by atoms with Crippen LogP contribution < -0.4 is 9.47 Å². The lowest BCUT2D eigenvalue weighted by Gasteiger charge is -2.25. The molecule has 3 aromatic rings. The van der Waals surface area contributed by atoms with E-state index in [1.54, 1.807) is 42.4 Å². The SMILES string of the molecule is COc1ccc(OC)c([C@H]2SCCN2S(=O)(=O)c2ccc3ccccc3c2)c1. The normalized spacial score (nSPS) is 17.7. The van der Waals surface area contributed by atoms with Gasteiger partial charge in [-0.1, -0.05) is 30.3 Å². The summed E-state index contributed by atoms with van der Waals surface area (Å²) in [4.78, 5) is 0.306. The van der Waals surface area contributed by atoms with Crippen molar-refractivity contribution in [2.75, 3.05) is 26.5 Å². The van der Waals surface area contributed by atoms with Crippen molar-refractivity contribution in [1.82, 2.24) is 4.31 Å². The second kappa shape index (κ2) is 7.66. The highest BCUT2D eigenvalue weighted by atomic mass is 32.2. The molecule has 1 saturated heterocycles. The van der Waals surface area contributed by atoms with Gasteiger partial charge in [0, 0.05) is 17.9 Å². The molecule has 1 aliphatic heterocycles. The summed E-state index contributed by atoms with van der Waals surface area (Å²) in [7, 11) is -0.471. The van der Waals surface area contributed by atoms with Gasteiger partial charge in [0.1, 0.15) is 11.5 Å². The molecule has 0 unspecified atom stereocenters. The molecule has 5 nitrogen and oxygen atoms in total. The standard InChI is InChI=1S/C21H21NO4S2/c1-25-17-8-10-20(26-2)19(14-17)21-22(11-12-27-21)28(23,24)18-9-7-15-5-3-4-6-16(15)13-18/h3-10,13-14,21H,11-12H2,1-2H3/t21-/m1/s1. The van der Waals surface area contributed by atoms with E-state index in [0.717, 1.165) is 22.1 Å². The molecule has 28 heavy (non-hydrogen) atoms. The summed E-state index contributed by atoms with van der Waals surface area (Å²) in [5.74, 6) is 2.04. The number of benzene rings is 3. The van der Waals surface area contributed by atoms with E-state index in [1.165, 1.54) is 0 Å². The van der Waals surface area contributed by atoms with Gasteiger partial charge in [0.05, 0.1) is 24.5 Å². The van der Waals surface area contributed by atoms with E-state index < -0.39 is 10.0 Å². The van der Waals surface area contributed by atoms with Crippen LogP contribution in [0.3, 0.4) is 0 Å². The van der Waals surface area contributed by atoms with Gasteiger partial charge in [-0.2, -0.15) is 4.31 Å². The van der Waals surface area contributed by atoms with Crippen molar-refractivity contribution < 1.29 is 17.9 Å². The largest absolute Gasteiger partial charge is 0.497 e. The molecule has 0 amide bonds. The number of hydrogen-bond donors (Lipinski definition) is 0. The monoisotopic (exact) mass is 415 g/mol. The van der Waals surface area contributed by atoms with E-state index in [1.807, 2.05) is 48.5 Å². The van der Waals surface area contributed by atoms with Gasteiger partial charge < -0.3 is 9.47 Å². The summed E-state index contributed by atoms with van der Waals surface area (Å²) >= 11 is 1.59. The third kappa shape index (κ3) is 3.34. The molecule has 0 spiro atoms. The lowest BCUT2D eigenvalue weighted by Crippen LogP contribution is -2.30. The predicted molar refractivity (Wildman–Crippen MR) is 113 cm³/mol. The molecule has 0 aliphatic carbocycles. The number of thioether (sulfide) groups is 1. The van der Waals surface area contributed by atoms with Gasteiger partial charge in [-0.3, -0.25) is 0 Å². The Labute approximate surface area is 169 Å². The fourth-order valence-corrected chi connectivity index (χ4v) is 6.72. The molecule has 0 radical (unpaired) electrons. The number of methoxy groups -OCH3 is 2. The van der Waals surface area contributed by atoms with Crippen LogP contribution in [0.1, 0.15) is 10.9 Å². The van der Waals surface area contributed by atoms with Crippen LogP contribution in [0.5, 0.6) is 11.5 Å². The van der Waals surface area contributed by atoms with E-state index in [9.17, 15) is 8.42 Å². The van der Waals surface area contributed by atoms with Gasteiger partial charge in [-0.25, -0.2) is 8.42 Å². The third-order valence-corrected chi connectivity index (χ3v) is 8.12. The van der Waals surface area contributed by atoms with Gasteiger partial charge in [-0.15, -0.1) is 11.8 Å². The highest BCUT2D eigenvalue weighted by Crippen LogP contribution is 2.45. The van der Waals surface area contributed by atoms with Crippen molar-refractivity contribution in [3.8, 4) is 11.5 Å². The van der Waals surface area contributed by atoms with Crippen molar-refractivity contribution >= 4 is 32.6 Å².